The molecule has 0 radical (unpaired) electrons. The molecule has 2 rings (SSSR count). The van der Waals surface area contributed by atoms with Gasteiger partial charge in [-0.05, 0) is 34.4 Å². The molecule has 0 amide bonds. The highest BCUT2D eigenvalue weighted by Crippen LogP contribution is 2.34. The Morgan fingerprint density at radius 3 is 3.07 bits per heavy atom. The van der Waals surface area contributed by atoms with Gasteiger partial charge in [-0.1, -0.05) is 0 Å². The number of aliphatic hydroxyl groups is 1. The molecule has 1 fully saturated rings. The fraction of sp³-hybridized carbons (Fsp3) is 0.600. The molecule has 15 heavy (non-hydrogen) atoms. The van der Waals surface area contributed by atoms with Crippen LogP contribution < -0.4 is 0 Å². The van der Waals surface area contributed by atoms with Gasteiger partial charge in [-0.15, -0.1) is 11.3 Å². The molecule has 0 aromatic carbocycles. The summed E-state index contributed by atoms with van der Waals surface area (Å²) in [6.07, 6.45) is -0.364. The second-order valence-corrected chi connectivity index (χ2v) is 6.65. The predicted molar refractivity (Wildman–Crippen MR) is 70.7 cm³/mol. The summed E-state index contributed by atoms with van der Waals surface area (Å²) in [5.41, 5.74) is 0. The van der Waals surface area contributed by atoms with Crippen LogP contribution in [0.5, 0.6) is 0 Å². The van der Waals surface area contributed by atoms with Gasteiger partial charge >= 0.3 is 0 Å². The largest absolute Gasteiger partial charge is 0.386 e. The minimum atomic E-state index is -0.364. The lowest BCUT2D eigenvalue weighted by Crippen LogP contribution is -2.43. The zero-order chi connectivity index (χ0) is 10.8. The molecule has 1 aromatic heterocycles. The lowest BCUT2D eigenvalue weighted by atomic mass is 10.1. The number of hydrogen-bond acceptors (Lipinski definition) is 4. The number of aliphatic hydroxyl groups excluding tert-OH is 1. The van der Waals surface area contributed by atoms with E-state index in [1.165, 1.54) is 5.75 Å². The smallest absolute Gasteiger partial charge is 0.106 e. The summed E-state index contributed by atoms with van der Waals surface area (Å²) >= 11 is 7.02. The number of rotatable bonds is 2. The summed E-state index contributed by atoms with van der Waals surface area (Å²) in [7, 11) is 2.09. The zero-order valence-electron chi connectivity index (χ0n) is 8.52. The number of halogens is 1. The molecule has 2 atom stereocenters. The SMILES string of the molecule is CN1CCSCC1C(O)c1sccc1Br. The van der Waals surface area contributed by atoms with Crippen molar-refractivity contribution in [2.45, 2.75) is 12.1 Å². The summed E-state index contributed by atoms with van der Waals surface area (Å²) in [6, 6.07) is 2.25. The van der Waals surface area contributed by atoms with Gasteiger partial charge in [0, 0.05) is 33.4 Å². The van der Waals surface area contributed by atoms with E-state index in [4.69, 9.17) is 0 Å². The second kappa shape index (κ2) is 5.19. The molecule has 0 spiro atoms. The average Bonchev–Trinajstić information content (AvgIpc) is 2.64. The van der Waals surface area contributed by atoms with Crippen LogP contribution in [0.3, 0.4) is 0 Å². The molecule has 84 valence electrons. The summed E-state index contributed by atoms with van der Waals surface area (Å²) in [5, 5.41) is 12.3. The Kier molecular flexibility index (Phi) is 4.12. The monoisotopic (exact) mass is 307 g/mol. The minimum absolute atomic E-state index is 0.249. The van der Waals surface area contributed by atoms with E-state index in [2.05, 4.69) is 27.9 Å². The predicted octanol–water partition coefficient (Wildman–Crippen LogP) is 2.59. The highest BCUT2D eigenvalue weighted by molar-refractivity contribution is 9.10. The van der Waals surface area contributed by atoms with E-state index in [1.54, 1.807) is 11.3 Å². The molecule has 2 heterocycles. The molecule has 2 unspecified atom stereocenters. The van der Waals surface area contributed by atoms with Crippen molar-refractivity contribution < 1.29 is 5.11 Å². The van der Waals surface area contributed by atoms with E-state index in [0.717, 1.165) is 21.6 Å². The first-order valence-corrected chi connectivity index (χ1v) is 7.72. The summed E-state index contributed by atoms with van der Waals surface area (Å²) in [4.78, 5) is 3.31. The van der Waals surface area contributed by atoms with Gasteiger partial charge in [0.15, 0.2) is 0 Å². The van der Waals surface area contributed by atoms with Gasteiger partial charge in [0.05, 0.1) is 0 Å². The van der Waals surface area contributed by atoms with Crippen LogP contribution >= 0.6 is 39.0 Å². The van der Waals surface area contributed by atoms with Gasteiger partial charge < -0.3 is 5.11 Å². The maximum absolute atomic E-state index is 10.3. The first-order chi connectivity index (χ1) is 7.20. The molecule has 0 saturated carbocycles. The first kappa shape index (κ1) is 11.9. The van der Waals surface area contributed by atoms with Crippen molar-refractivity contribution in [3.8, 4) is 0 Å². The van der Waals surface area contributed by atoms with Crippen molar-refractivity contribution >= 4 is 39.0 Å². The Bertz CT molecular complexity index is 331. The molecule has 1 aromatic rings. The third-order valence-electron chi connectivity index (χ3n) is 2.72. The Balaban J connectivity index is 2.13. The van der Waals surface area contributed by atoms with E-state index in [-0.39, 0.29) is 12.1 Å². The Morgan fingerprint density at radius 1 is 1.67 bits per heavy atom. The molecular formula is C10H14BrNOS2. The van der Waals surface area contributed by atoms with Crippen molar-refractivity contribution in [3.05, 3.63) is 20.8 Å². The van der Waals surface area contributed by atoms with Gasteiger partial charge in [-0.3, -0.25) is 4.90 Å². The highest BCUT2D eigenvalue weighted by atomic mass is 79.9. The van der Waals surface area contributed by atoms with Gasteiger partial charge in [0.1, 0.15) is 6.10 Å². The van der Waals surface area contributed by atoms with Crippen molar-refractivity contribution in [1.82, 2.24) is 4.90 Å². The number of thiophene rings is 1. The summed E-state index contributed by atoms with van der Waals surface area (Å²) in [5.74, 6) is 2.19. The molecule has 1 saturated heterocycles. The van der Waals surface area contributed by atoms with E-state index < -0.39 is 0 Å². The van der Waals surface area contributed by atoms with E-state index in [1.807, 2.05) is 23.2 Å². The van der Waals surface area contributed by atoms with Crippen LogP contribution in [0.2, 0.25) is 0 Å². The lowest BCUT2D eigenvalue weighted by Gasteiger charge is -2.35. The number of nitrogens with zero attached hydrogens (tertiary/aromatic N) is 1. The Labute approximate surface area is 107 Å². The van der Waals surface area contributed by atoms with Crippen molar-refractivity contribution in [2.75, 3.05) is 25.1 Å². The topological polar surface area (TPSA) is 23.5 Å². The quantitative estimate of drug-likeness (QED) is 0.908. The van der Waals surface area contributed by atoms with E-state index in [0.29, 0.717) is 0 Å². The number of hydrogen-bond donors (Lipinski definition) is 1. The Morgan fingerprint density at radius 2 is 2.47 bits per heavy atom. The maximum Gasteiger partial charge on any atom is 0.106 e. The Hall–Kier alpha value is 0.450. The van der Waals surface area contributed by atoms with Crippen LogP contribution in [0.1, 0.15) is 11.0 Å². The standard InChI is InChI=1S/C10H14BrNOS2/c1-12-3-5-14-6-8(12)9(13)10-7(11)2-4-15-10/h2,4,8-9,13H,3,5-6H2,1H3. The van der Waals surface area contributed by atoms with Crippen molar-refractivity contribution in [3.63, 3.8) is 0 Å². The fourth-order valence-corrected chi connectivity index (χ4v) is 4.64. The van der Waals surface area contributed by atoms with Gasteiger partial charge in [0.25, 0.3) is 0 Å². The molecule has 1 N–H and O–H groups in total. The maximum atomic E-state index is 10.3. The van der Waals surface area contributed by atoms with Crippen LogP contribution in [0.15, 0.2) is 15.9 Å². The normalized spacial score (nSPS) is 25.4. The van der Waals surface area contributed by atoms with Crippen LogP contribution in [-0.2, 0) is 0 Å². The number of likely N-dealkylation sites (N-methyl/N-ethyl adjacent to an activating group) is 1. The van der Waals surface area contributed by atoms with Crippen molar-refractivity contribution in [1.29, 1.82) is 0 Å². The molecule has 2 nitrogen and oxygen atoms in total. The molecule has 0 aliphatic carbocycles. The molecule has 0 bridgehead atoms. The van der Waals surface area contributed by atoms with Crippen molar-refractivity contribution in [2.24, 2.45) is 0 Å². The zero-order valence-corrected chi connectivity index (χ0v) is 11.7. The summed E-state index contributed by atoms with van der Waals surface area (Å²) < 4.78 is 1.03. The van der Waals surface area contributed by atoms with Gasteiger partial charge in [-0.2, -0.15) is 11.8 Å². The van der Waals surface area contributed by atoms with E-state index >= 15 is 0 Å². The molecule has 1 aliphatic heterocycles. The van der Waals surface area contributed by atoms with Crippen LogP contribution in [0.25, 0.3) is 0 Å². The first-order valence-electron chi connectivity index (χ1n) is 4.89. The van der Waals surface area contributed by atoms with Crippen LogP contribution in [0.4, 0.5) is 0 Å². The minimum Gasteiger partial charge on any atom is -0.386 e. The molecule has 1 aliphatic rings. The highest BCUT2D eigenvalue weighted by Gasteiger charge is 2.29. The second-order valence-electron chi connectivity index (χ2n) is 3.70. The van der Waals surface area contributed by atoms with E-state index in [9.17, 15) is 5.11 Å². The lowest BCUT2D eigenvalue weighted by molar-refractivity contribution is 0.0780. The number of thioether (sulfide) groups is 1. The summed E-state index contributed by atoms with van der Waals surface area (Å²) in [6.45, 7) is 1.06. The van der Waals surface area contributed by atoms with Crippen LogP contribution in [-0.4, -0.2) is 41.1 Å². The molecular weight excluding hydrogens is 294 g/mol. The third-order valence-corrected chi connectivity index (χ3v) is 5.71. The average molecular weight is 308 g/mol. The van der Waals surface area contributed by atoms with Gasteiger partial charge in [0.2, 0.25) is 0 Å². The van der Waals surface area contributed by atoms with Crippen LogP contribution in [0, 0.1) is 0 Å². The fourth-order valence-electron chi connectivity index (χ4n) is 1.73. The van der Waals surface area contributed by atoms with Gasteiger partial charge in [-0.25, -0.2) is 0 Å². The molecule has 5 heteroatoms. The third kappa shape index (κ3) is 2.58.